The molecule has 2 rings (SSSR count). The van der Waals surface area contributed by atoms with Gasteiger partial charge in [-0.05, 0) is 22.8 Å². The second-order valence-corrected chi connectivity index (χ2v) is 3.86. The van der Waals surface area contributed by atoms with Gasteiger partial charge in [0.25, 0.3) is 0 Å². The minimum atomic E-state index is 0.375. The summed E-state index contributed by atoms with van der Waals surface area (Å²) >= 11 is 0. The third kappa shape index (κ3) is 1.35. The summed E-state index contributed by atoms with van der Waals surface area (Å²) in [7, 11) is 1.85. The fourth-order valence-electron chi connectivity index (χ4n) is 2.08. The fraction of sp³-hybridized carbons (Fsp3) is 0.875. The summed E-state index contributed by atoms with van der Waals surface area (Å²) in [6.45, 7) is 3.88. The predicted octanol–water partition coefficient (Wildman–Crippen LogP) is -0.616. The number of rotatable bonds is 2. The smallest absolute Gasteiger partial charge is 0.245 e. The van der Waals surface area contributed by atoms with E-state index in [0.29, 0.717) is 18.5 Å². The molecule has 1 aliphatic heterocycles. The SMILES string of the molecule is CC1CCN(c2nnnn2C)C1CN. The number of nitrogens with two attached hydrogens (primary N) is 1. The molecule has 1 aliphatic rings. The maximum Gasteiger partial charge on any atom is 0.245 e. The molecule has 6 heteroatoms. The first-order valence-electron chi connectivity index (χ1n) is 4.93. The molecule has 6 nitrogen and oxygen atoms in total. The van der Waals surface area contributed by atoms with E-state index in [9.17, 15) is 0 Å². The quantitative estimate of drug-likeness (QED) is 0.682. The highest BCUT2D eigenvalue weighted by molar-refractivity contribution is 5.32. The van der Waals surface area contributed by atoms with E-state index in [0.717, 1.165) is 18.9 Å². The number of hydrogen-bond acceptors (Lipinski definition) is 5. The van der Waals surface area contributed by atoms with E-state index in [4.69, 9.17) is 5.73 Å². The standard InChI is InChI=1S/C8H16N6/c1-6-3-4-14(7(6)5-9)8-10-11-12-13(8)2/h6-7H,3-5,9H2,1-2H3. The molecule has 0 aromatic carbocycles. The Kier molecular flexibility index (Phi) is 2.37. The molecule has 78 valence electrons. The lowest BCUT2D eigenvalue weighted by Gasteiger charge is -2.25. The van der Waals surface area contributed by atoms with Gasteiger partial charge in [0.1, 0.15) is 0 Å². The summed E-state index contributed by atoms with van der Waals surface area (Å²) in [5.74, 6) is 1.45. The van der Waals surface area contributed by atoms with Crippen molar-refractivity contribution < 1.29 is 0 Å². The van der Waals surface area contributed by atoms with Gasteiger partial charge in [-0.3, -0.25) is 0 Å². The second kappa shape index (κ2) is 3.53. The van der Waals surface area contributed by atoms with Crippen molar-refractivity contribution in [2.75, 3.05) is 18.0 Å². The molecule has 2 N–H and O–H groups in total. The molecular weight excluding hydrogens is 180 g/mol. The van der Waals surface area contributed by atoms with Crippen molar-refractivity contribution in [1.29, 1.82) is 0 Å². The molecular formula is C8H16N6. The Balaban J connectivity index is 2.23. The van der Waals surface area contributed by atoms with Gasteiger partial charge in [-0.25, -0.2) is 4.68 Å². The summed E-state index contributed by atoms with van der Waals surface area (Å²) in [6, 6.07) is 0.375. The van der Waals surface area contributed by atoms with Crippen LogP contribution in [0.1, 0.15) is 13.3 Å². The van der Waals surface area contributed by atoms with Gasteiger partial charge in [0.15, 0.2) is 0 Å². The highest BCUT2D eigenvalue weighted by Crippen LogP contribution is 2.26. The Labute approximate surface area is 83.1 Å². The molecule has 0 saturated carbocycles. The second-order valence-electron chi connectivity index (χ2n) is 3.86. The van der Waals surface area contributed by atoms with Gasteiger partial charge < -0.3 is 10.6 Å². The van der Waals surface area contributed by atoms with E-state index in [-0.39, 0.29) is 0 Å². The summed E-state index contributed by atoms with van der Waals surface area (Å²) in [6.07, 6.45) is 1.16. The van der Waals surface area contributed by atoms with Crippen LogP contribution in [0, 0.1) is 5.92 Å². The molecule has 1 saturated heterocycles. The van der Waals surface area contributed by atoms with Crippen molar-refractivity contribution in [3.63, 3.8) is 0 Å². The molecule has 0 spiro atoms. The summed E-state index contributed by atoms with van der Waals surface area (Å²) < 4.78 is 1.70. The Hall–Kier alpha value is -1.17. The van der Waals surface area contributed by atoms with Crippen LogP contribution in [0.15, 0.2) is 0 Å². The van der Waals surface area contributed by atoms with Crippen LogP contribution in [-0.4, -0.2) is 39.3 Å². The topological polar surface area (TPSA) is 72.9 Å². The van der Waals surface area contributed by atoms with Crippen LogP contribution in [0.2, 0.25) is 0 Å². The van der Waals surface area contributed by atoms with E-state index >= 15 is 0 Å². The molecule has 1 aromatic rings. The third-order valence-electron chi connectivity index (χ3n) is 2.98. The van der Waals surface area contributed by atoms with Gasteiger partial charge in [-0.15, -0.1) is 0 Å². The third-order valence-corrected chi connectivity index (χ3v) is 2.98. The van der Waals surface area contributed by atoms with Gasteiger partial charge in [-0.2, -0.15) is 0 Å². The number of hydrogen-bond donors (Lipinski definition) is 1. The Morgan fingerprint density at radius 2 is 2.36 bits per heavy atom. The molecule has 0 bridgehead atoms. The summed E-state index contributed by atoms with van der Waals surface area (Å²) in [4.78, 5) is 2.20. The maximum absolute atomic E-state index is 5.75. The fourth-order valence-corrected chi connectivity index (χ4v) is 2.08. The van der Waals surface area contributed by atoms with Crippen LogP contribution >= 0.6 is 0 Å². The average molecular weight is 196 g/mol. The van der Waals surface area contributed by atoms with Gasteiger partial charge in [-0.1, -0.05) is 12.0 Å². The van der Waals surface area contributed by atoms with Crippen LogP contribution in [-0.2, 0) is 7.05 Å². The number of aromatic nitrogens is 4. The lowest BCUT2D eigenvalue weighted by molar-refractivity contribution is 0.512. The van der Waals surface area contributed by atoms with Crippen molar-refractivity contribution in [3.05, 3.63) is 0 Å². The van der Waals surface area contributed by atoms with Gasteiger partial charge in [0, 0.05) is 26.2 Å². The van der Waals surface area contributed by atoms with Crippen LogP contribution in [0.4, 0.5) is 5.95 Å². The molecule has 1 aromatic heterocycles. The molecule has 0 radical (unpaired) electrons. The number of nitrogens with zero attached hydrogens (tertiary/aromatic N) is 5. The first kappa shape index (κ1) is 9.39. The van der Waals surface area contributed by atoms with Crippen LogP contribution in [0.25, 0.3) is 0 Å². The van der Waals surface area contributed by atoms with Gasteiger partial charge in [0.2, 0.25) is 5.95 Å². The lowest BCUT2D eigenvalue weighted by Crippen LogP contribution is -2.39. The van der Waals surface area contributed by atoms with Crippen molar-refractivity contribution in [2.45, 2.75) is 19.4 Å². The van der Waals surface area contributed by atoms with E-state index in [1.165, 1.54) is 0 Å². The Morgan fingerprint density at radius 1 is 1.57 bits per heavy atom. The molecule has 0 aliphatic carbocycles. The van der Waals surface area contributed by atoms with Crippen LogP contribution in [0.5, 0.6) is 0 Å². The molecule has 0 amide bonds. The highest BCUT2D eigenvalue weighted by Gasteiger charge is 2.32. The van der Waals surface area contributed by atoms with Gasteiger partial charge >= 0.3 is 0 Å². The number of aryl methyl sites for hydroxylation is 1. The minimum Gasteiger partial charge on any atom is -0.335 e. The molecule has 14 heavy (non-hydrogen) atoms. The largest absolute Gasteiger partial charge is 0.335 e. The molecule has 2 atom stereocenters. The van der Waals surface area contributed by atoms with E-state index < -0.39 is 0 Å². The molecule has 1 fully saturated rings. The first-order valence-corrected chi connectivity index (χ1v) is 4.93. The predicted molar refractivity (Wildman–Crippen MR) is 52.8 cm³/mol. The van der Waals surface area contributed by atoms with Crippen LogP contribution in [0.3, 0.4) is 0 Å². The minimum absolute atomic E-state index is 0.375. The molecule has 2 unspecified atom stereocenters. The zero-order valence-corrected chi connectivity index (χ0v) is 8.59. The van der Waals surface area contributed by atoms with E-state index in [1.807, 2.05) is 7.05 Å². The number of tetrazole rings is 1. The van der Waals surface area contributed by atoms with E-state index in [1.54, 1.807) is 4.68 Å². The monoisotopic (exact) mass is 196 g/mol. The maximum atomic E-state index is 5.75. The van der Waals surface area contributed by atoms with Gasteiger partial charge in [0.05, 0.1) is 0 Å². The first-order chi connectivity index (χ1) is 6.74. The van der Waals surface area contributed by atoms with Crippen molar-refractivity contribution in [2.24, 2.45) is 18.7 Å². The van der Waals surface area contributed by atoms with Crippen molar-refractivity contribution >= 4 is 5.95 Å². The Morgan fingerprint density at radius 3 is 2.93 bits per heavy atom. The van der Waals surface area contributed by atoms with Crippen molar-refractivity contribution in [3.8, 4) is 0 Å². The zero-order chi connectivity index (χ0) is 10.1. The lowest BCUT2D eigenvalue weighted by atomic mass is 10.0. The molecule has 2 heterocycles. The van der Waals surface area contributed by atoms with Crippen molar-refractivity contribution in [1.82, 2.24) is 20.2 Å². The zero-order valence-electron chi connectivity index (χ0n) is 8.59. The highest BCUT2D eigenvalue weighted by atomic mass is 15.6. The summed E-state index contributed by atoms with van der Waals surface area (Å²) in [5.41, 5.74) is 5.75. The van der Waals surface area contributed by atoms with E-state index in [2.05, 4.69) is 27.3 Å². The van der Waals surface area contributed by atoms with Crippen LogP contribution < -0.4 is 10.6 Å². The normalized spacial score (nSPS) is 27.2. The number of anilines is 1. The Bertz CT molecular complexity index is 309. The summed E-state index contributed by atoms with van der Waals surface area (Å²) in [5, 5.41) is 11.5. The average Bonchev–Trinajstić information content (AvgIpc) is 2.71.